The molecule has 0 unspecified atom stereocenters. The van der Waals surface area contributed by atoms with E-state index in [0.29, 0.717) is 5.56 Å². The number of esters is 1. The summed E-state index contributed by atoms with van der Waals surface area (Å²) in [6, 6.07) is 5.68. The van der Waals surface area contributed by atoms with Crippen LogP contribution >= 0.6 is 11.8 Å². The highest BCUT2D eigenvalue weighted by Gasteiger charge is 2.36. The summed E-state index contributed by atoms with van der Waals surface area (Å²) in [5.74, 6) is -1.62. The van der Waals surface area contributed by atoms with Crippen LogP contribution < -0.4 is 0 Å². The van der Waals surface area contributed by atoms with E-state index in [9.17, 15) is 18.8 Å². The lowest BCUT2D eigenvalue weighted by Crippen LogP contribution is -2.34. The summed E-state index contributed by atoms with van der Waals surface area (Å²) in [6.45, 7) is 1.82. The average molecular weight is 337 g/mol. The van der Waals surface area contributed by atoms with Gasteiger partial charge in [-0.3, -0.25) is 19.3 Å². The molecule has 0 radical (unpaired) electrons. The van der Waals surface area contributed by atoms with Gasteiger partial charge in [0.2, 0.25) is 0 Å². The summed E-state index contributed by atoms with van der Waals surface area (Å²) in [4.78, 5) is 36.7. The number of benzene rings is 1. The van der Waals surface area contributed by atoms with Gasteiger partial charge in [-0.2, -0.15) is 0 Å². The van der Waals surface area contributed by atoms with Crippen molar-refractivity contribution in [2.24, 2.45) is 0 Å². The van der Waals surface area contributed by atoms with Gasteiger partial charge < -0.3 is 4.74 Å². The summed E-state index contributed by atoms with van der Waals surface area (Å²) in [6.07, 6.45) is 3.04. The third-order valence-electron chi connectivity index (χ3n) is 3.07. The highest BCUT2D eigenvalue weighted by Crippen LogP contribution is 2.32. The first kappa shape index (κ1) is 17.2. The van der Waals surface area contributed by atoms with Gasteiger partial charge in [-0.15, -0.1) is 0 Å². The van der Waals surface area contributed by atoms with Crippen molar-refractivity contribution >= 4 is 35.0 Å². The van der Waals surface area contributed by atoms with E-state index in [0.717, 1.165) is 29.5 Å². The van der Waals surface area contributed by atoms with Gasteiger partial charge >= 0.3 is 5.97 Å². The zero-order valence-electron chi connectivity index (χ0n) is 12.6. The Hall–Kier alpha value is -2.15. The van der Waals surface area contributed by atoms with Crippen molar-refractivity contribution in [3.05, 3.63) is 40.6 Å². The molecule has 23 heavy (non-hydrogen) atoms. The normalized spacial score (nSPS) is 16.3. The van der Waals surface area contributed by atoms with E-state index < -0.39 is 29.5 Å². The number of thioether (sulfide) groups is 1. The SMILES string of the molecule is CCCCOC(=O)CN1C(=O)S/C(=C\c2cccc(F)c2)C1=O. The van der Waals surface area contributed by atoms with E-state index in [1.54, 1.807) is 6.07 Å². The van der Waals surface area contributed by atoms with Gasteiger partial charge in [0, 0.05) is 0 Å². The molecule has 0 saturated carbocycles. The summed E-state index contributed by atoms with van der Waals surface area (Å²) in [5, 5.41) is -0.537. The van der Waals surface area contributed by atoms with E-state index in [2.05, 4.69) is 0 Å². The van der Waals surface area contributed by atoms with Crippen LogP contribution in [0.5, 0.6) is 0 Å². The fraction of sp³-hybridized carbons (Fsp3) is 0.312. The number of carbonyl (C=O) groups excluding carboxylic acids is 3. The molecule has 7 heteroatoms. The molecule has 0 aromatic heterocycles. The van der Waals surface area contributed by atoms with Gasteiger partial charge in [0.1, 0.15) is 12.4 Å². The van der Waals surface area contributed by atoms with Crippen molar-refractivity contribution < 1.29 is 23.5 Å². The molecule has 1 heterocycles. The van der Waals surface area contributed by atoms with Crippen LogP contribution in [0.3, 0.4) is 0 Å². The lowest BCUT2D eigenvalue weighted by Gasteiger charge is -2.11. The Morgan fingerprint density at radius 3 is 2.87 bits per heavy atom. The van der Waals surface area contributed by atoms with Gasteiger partial charge in [0.15, 0.2) is 0 Å². The number of amides is 2. The van der Waals surface area contributed by atoms with Crippen LogP contribution in [0.4, 0.5) is 9.18 Å². The van der Waals surface area contributed by atoms with Crippen LogP contribution in [0.2, 0.25) is 0 Å². The Kier molecular flexibility index (Phi) is 5.92. The molecule has 0 aliphatic carbocycles. The Balaban J connectivity index is 2.03. The highest BCUT2D eigenvalue weighted by molar-refractivity contribution is 8.18. The van der Waals surface area contributed by atoms with Crippen LogP contribution in [0.1, 0.15) is 25.3 Å². The fourth-order valence-electron chi connectivity index (χ4n) is 1.89. The van der Waals surface area contributed by atoms with Crippen molar-refractivity contribution in [1.82, 2.24) is 4.90 Å². The summed E-state index contributed by atoms with van der Waals surface area (Å²) >= 11 is 0.721. The van der Waals surface area contributed by atoms with Crippen molar-refractivity contribution in [3.63, 3.8) is 0 Å². The molecule has 1 aromatic rings. The molecule has 122 valence electrons. The molecule has 1 aromatic carbocycles. The van der Waals surface area contributed by atoms with Crippen LogP contribution in [-0.2, 0) is 14.3 Å². The molecule has 2 amide bonds. The number of imide groups is 1. The van der Waals surface area contributed by atoms with E-state index in [1.165, 1.54) is 24.3 Å². The number of nitrogens with zero attached hydrogens (tertiary/aromatic N) is 1. The number of rotatable bonds is 6. The monoisotopic (exact) mass is 337 g/mol. The van der Waals surface area contributed by atoms with E-state index in [-0.39, 0.29) is 11.5 Å². The third kappa shape index (κ3) is 4.66. The average Bonchev–Trinajstić information content (AvgIpc) is 2.75. The maximum Gasteiger partial charge on any atom is 0.326 e. The van der Waals surface area contributed by atoms with Crippen LogP contribution in [0.15, 0.2) is 29.2 Å². The molecule has 0 atom stereocenters. The molecule has 1 saturated heterocycles. The Labute approximate surface area is 137 Å². The number of hydrogen-bond donors (Lipinski definition) is 0. The number of halogens is 1. The second-order valence-electron chi connectivity index (χ2n) is 4.90. The maximum atomic E-state index is 13.2. The topological polar surface area (TPSA) is 63.7 Å². The van der Waals surface area contributed by atoms with E-state index in [1.807, 2.05) is 6.92 Å². The molecular weight excluding hydrogens is 321 g/mol. The van der Waals surface area contributed by atoms with Gasteiger partial charge in [-0.25, -0.2) is 4.39 Å². The van der Waals surface area contributed by atoms with Crippen LogP contribution in [0, 0.1) is 5.82 Å². The first-order valence-electron chi connectivity index (χ1n) is 7.18. The third-order valence-corrected chi connectivity index (χ3v) is 3.98. The summed E-state index contributed by atoms with van der Waals surface area (Å²) < 4.78 is 18.1. The quantitative estimate of drug-likeness (QED) is 0.453. The predicted octanol–water partition coefficient (Wildman–Crippen LogP) is 3.21. The molecule has 2 rings (SSSR count). The number of ether oxygens (including phenoxy) is 1. The number of unbranched alkanes of at least 4 members (excludes halogenated alkanes) is 1. The second kappa shape index (κ2) is 7.92. The van der Waals surface area contributed by atoms with Crippen molar-refractivity contribution in [1.29, 1.82) is 0 Å². The second-order valence-corrected chi connectivity index (χ2v) is 5.89. The van der Waals surface area contributed by atoms with E-state index >= 15 is 0 Å². The summed E-state index contributed by atoms with van der Waals surface area (Å²) in [5.41, 5.74) is 0.473. The largest absolute Gasteiger partial charge is 0.464 e. The Bertz CT molecular complexity index is 659. The van der Waals surface area contributed by atoms with Crippen molar-refractivity contribution in [2.45, 2.75) is 19.8 Å². The molecule has 0 bridgehead atoms. The zero-order valence-corrected chi connectivity index (χ0v) is 13.4. The van der Waals surface area contributed by atoms with Crippen LogP contribution in [0.25, 0.3) is 6.08 Å². The number of hydrogen-bond acceptors (Lipinski definition) is 5. The standard InChI is InChI=1S/C16H16FNO4S/c1-2-3-7-22-14(19)10-18-15(20)13(23-16(18)21)9-11-5-4-6-12(17)8-11/h4-6,8-9H,2-3,7,10H2,1H3/b13-9-. The minimum atomic E-state index is -0.618. The Morgan fingerprint density at radius 1 is 1.39 bits per heavy atom. The van der Waals surface area contributed by atoms with Gasteiger partial charge in [-0.1, -0.05) is 25.5 Å². The van der Waals surface area contributed by atoms with Gasteiger partial charge in [0.25, 0.3) is 11.1 Å². The zero-order chi connectivity index (χ0) is 16.8. The van der Waals surface area contributed by atoms with Crippen LogP contribution in [-0.4, -0.2) is 35.2 Å². The number of carbonyl (C=O) groups is 3. The summed E-state index contributed by atoms with van der Waals surface area (Å²) in [7, 11) is 0. The Morgan fingerprint density at radius 2 is 2.17 bits per heavy atom. The van der Waals surface area contributed by atoms with Crippen molar-refractivity contribution in [3.8, 4) is 0 Å². The minimum absolute atomic E-state index is 0.155. The maximum absolute atomic E-state index is 13.2. The first-order valence-corrected chi connectivity index (χ1v) is 7.99. The predicted molar refractivity (Wildman–Crippen MR) is 84.9 cm³/mol. The smallest absolute Gasteiger partial charge is 0.326 e. The van der Waals surface area contributed by atoms with Gasteiger partial charge in [-0.05, 0) is 42.0 Å². The van der Waals surface area contributed by atoms with E-state index in [4.69, 9.17) is 4.74 Å². The minimum Gasteiger partial charge on any atom is -0.464 e. The molecule has 1 fully saturated rings. The van der Waals surface area contributed by atoms with Gasteiger partial charge in [0.05, 0.1) is 11.5 Å². The molecular formula is C16H16FNO4S. The highest BCUT2D eigenvalue weighted by atomic mass is 32.2. The first-order chi connectivity index (χ1) is 11.0. The molecule has 1 aliphatic rings. The molecule has 0 spiro atoms. The lowest BCUT2D eigenvalue weighted by atomic mass is 10.2. The fourth-order valence-corrected chi connectivity index (χ4v) is 2.73. The molecule has 5 nitrogen and oxygen atoms in total. The molecule has 1 aliphatic heterocycles. The molecule has 0 N–H and O–H groups in total. The van der Waals surface area contributed by atoms with Crippen molar-refractivity contribution in [2.75, 3.05) is 13.2 Å². The lowest BCUT2D eigenvalue weighted by molar-refractivity contribution is -0.146.